The molecule has 0 saturated heterocycles. The van der Waals surface area contributed by atoms with Gasteiger partial charge in [-0.05, 0) is 19.1 Å². The zero-order chi connectivity index (χ0) is 14.9. The quantitative estimate of drug-likeness (QED) is 0.677. The van der Waals surface area contributed by atoms with Gasteiger partial charge in [-0.2, -0.15) is 4.39 Å². The summed E-state index contributed by atoms with van der Waals surface area (Å²) in [7, 11) is -4.32. The largest absolute Gasteiger partial charge is 0.325 e. The highest BCUT2D eigenvalue weighted by Gasteiger charge is 2.30. The molecule has 2 aromatic rings. The minimum Gasteiger partial charge on any atom is -0.258 e. The fourth-order valence-electron chi connectivity index (χ4n) is 1.40. The first-order valence-corrected chi connectivity index (χ1v) is 7.37. The van der Waals surface area contributed by atoms with Gasteiger partial charge in [-0.15, -0.1) is 10.2 Å². The van der Waals surface area contributed by atoms with Crippen LogP contribution in [-0.2, 0) is 10.0 Å². The molecule has 106 valence electrons. The van der Waals surface area contributed by atoms with Crippen molar-refractivity contribution in [3.05, 3.63) is 39.1 Å². The molecule has 1 aromatic carbocycles. The molecule has 0 fully saturated rings. The number of nitro groups is 1. The van der Waals surface area contributed by atoms with E-state index in [1.807, 2.05) is 4.72 Å². The molecule has 0 spiro atoms. The van der Waals surface area contributed by atoms with Crippen molar-refractivity contribution in [2.75, 3.05) is 4.72 Å². The molecule has 0 radical (unpaired) electrons. The van der Waals surface area contributed by atoms with E-state index in [0.29, 0.717) is 5.01 Å². The number of hydrogen-bond donors (Lipinski definition) is 1. The van der Waals surface area contributed by atoms with E-state index in [-0.39, 0.29) is 5.13 Å². The van der Waals surface area contributed by atoms with Gasteiger partial charge in [0.05, 0.1) is 4.92 Å². The minimum atomic E-state index is -4.32. The topological polar surface area (TPSA) is 115 Å². The Morgan fingerprint density at radius 1 is 1.40 bits per heavy atom. The Labute approximate surface area is 116 Å². The van der Waals surface area contributed by atoms with Gasteiger partial charge in [-0.1, -0.05) is 17.4 Å². The lowest BCUT2D eigenvalue weighted by Crippen LogP contribution is -2.15. The average Bonchev–Trinajstić information content (AvgIpc) is 2.73. The van der Waals surface area contributed by atoms with Crippen molar-refractivity contribution in [2.24, 2.45) is 0 Å². The van der Waals surface area contributed by atoms with Crippen molar-refractivity contribution in [3.63, 3.8) is 0 Å². The molecule has 0 aliphatic carbocycles. The van der Waals surface area contributed by atoms with Crippen molar-refractivity contribution in [1.29, 1.82) is 0 Å². The van der Waals surface area contributed by atoms with Gasteiger partial charge in [0.1, 0.15) is 5.01 Å². The Balaban J connectivity index is 2.50. The van der Waals surface area contributed by atoms with Gasteiger partial charge in [0.15, 0.2) is 4.90 Å². The van der Waals surface area contributed by atoms with Crippen LogP contribution in [-0.4, -0.2) is 23.5 Å². The van der Waals surface area contributed by atoms with E-state index in [0.717, 1.165) is 29.5 Å². The van der Waals surface area contributed by atoms with Crippen molar-refractivity contribution < 1.29 is 17.7 Å². The van der Waals surface area contributed by atoms with Crippen LogP contribution in [0.1, 0.15) is 5.01 Å². The minimum absolute atomic E-state index is 0.0546. The fraction of sp³-hybridized carbons (Fsp3) is 0.111. The molecule has 0 amide bonds. The number of hydrogen-bond acceptors (Lipinski definition) is 7. The Morgan fingerprint density at radius 3 is 2.65 bits per heavy atom. The maximum atomic E-state index is 13.4. The number of nitrogens with zero attached hydrogens (tertiary/aromatic N) is 3. The van der Waals surface area contributed by atoms with Crippen LogP contribution in [0.25, 0.3) is 0 Å². The summed E-state index contributed by atoms with van der Waals surface area (Å²) in [5.74, 6) is -1.23. The molecular formula is C9H7FN4O4S2. The van der Waals surface area contributed by atoms with Gasteiger partial charge in [0.25, 0.3) is 10.0 Å². The Morgan fingerprint density at radius 2 is 2.10 bits per heavy atom. The highest BCUT2D eigenvalue weighted by atomic mass is 32.2. The summed E-state index contributed by atoms with van der Waals surface area (Å²) in [4.78, 5) is 8.94. The van der Waals surface area contributed by atoms with Crippen LogP contribution in [0.5, 0.6) is 0 Å². The van der Waals surface area contributed by atoms with Crippen LogP contribution in [0.4, 0.5) is 15.2 Å². The lowest BCUT2D eigenvalue weighted by atomic mass is 10.3. The molecule has 20 heavy (non-hydrogen) atoms. The van der Waals surface area contributed by atoms with E-state index in [1.54, 1.807) is 6.92 Å². The van der Waals surface area contributed by atoms with Crippen molar-refractivity contribution in [3.8, 4) is 0 Å². The molecule has 1 N–H and O–H groups in total. The lowest BCUT2D eigenvalue weighted by Gasteiger charge is -2.05. The number of nitro benzene ring substituents is 1. The van der Waals surface area contributed by atoms with Crippen LogP contribution < -0.4 is 4.72 Å². The SMILES string of the molecule is Cc1nnc(NS(=O)(=O)c2cccc(F)c2[N+](=O)[O-])s1. The normalized spacial score (nSPS) is 11.3. The van der Waals surface area contributed by atoms with Crippen LogP contribution in [0.3, 0.4) is 0 Å². The Kier molecular flexibility index (Phi) is 3.63. The van der Waals surface area contributed by atoms with E-state index in [1.165, 1.54) is 0 Å². The fourth-order valence-corrected chi connectivity index (χ4v) is 3.40. The van der Waals surface area contributed by atoms with E-state index in [9.17, 15) is 22.9 Å². The van der Waals surface area contributed by atoms with Crippen LogP contribution >= 0.6 is 11.3 Å². The number of anilines is 1. The van der Waals surface area contributed by atoms with E-state index in [2.05, 4.69) is 10.2 Å². The smallest absolute Gasteiger partial charge is 0.258 e. The standard InChI is InChI=1S/C9H7FN4O4S2/c1-5-11-12-9(19-5)13-20(17,18)7-4-2-3-6(10)8(7)14(15)16/h2-4H,1H3,(H,12,13). The third kappa shape index (κ3) is 2.72. The summed E-state index contributed by atoms with van der Waals surface area (Å²) in [6, 6.07) is 2.83. The van der Waals surface area contributed by atoms with E-state index >= 15 is 0 Å². The number of sulfonamides is 1. The molecule has 11 heteroatoms. The van der Waals surface area contributed by atoms with Crippen molar-refractivity contribution >= 4 is 32.2 Å². The summed E-state index contributed by atoms with van der Waals surface area (Å²) in [5, 5.41) is 18.4. The first kappa shape index (κ1) is 14.3. The number of halogens is 1. The molecule has 2 rings (SSSR count). The van der Waals surface area contributed by atoms with Crippen LogP contribution in [0, 0.1) is 22.9 Å². The van der Waals surface area contributed by atoms with E-state index < -0.39 is 31.3 Å². The van der Waals surface area contributed by atoms with E-state index in [4.69, 9.17) is 0 Å². The van der Waals surface area contributed by atoms with Crippen LogP contribution in [0.15, 0.2) is 23.1 Å². The molecule has 0 bridgehead atoms. The van der Waals surface area contributed by atoms with Gasteiger partial charge >= 0.3 is 5.69 Å². The van der Waals surface area contributed by atoms with Gasteiger partial charge in [0, 0.05) is 0 Å². The van der Waals surface area contributed by atoms with Crippen molar-refractivity contribution in [1.82, 2.24) is 10.2 Å². The summed E-state index contributed by atoms with van der Waals surface area (Å²) in [6.07, 6.45) is 0. The maximum Gasteiger partial charge on any atom is 0.325 e. The lowest BCUT2D eigenvalue weighted by molar-refractivity contribution is -0.390. The number of aromatic nitrogens is 2. The predicted molar refractivity (Wildman–Crippen MR) is 68.5 cm³/mol. The zero-order valence-electron chi connectivity index (χ0n) is 9.90. The number of benzene rings is 1. The van der Waals surface area contributed by atoms with Gasteiger partial charge in [0.2, 0.25) is 10.9 Å². The molecule has 1 heterocycles. The Bertz CT molecular complexity index is 774. The maximum absolute atomic E-state index is 13.4. The first-order valence-electron chi connectivity index (χ1n) is 5.07. The highest BCUT2D eigenvalue weighted by molar-refractivity contribution is 7.93. The van der Waals surface area contributed by atoms with Crippen molar-refractivity contribution in [2.45, 2.75) is 11.8 Å². The third-order valence-electron chi connectivity index (χ3n) is 2.17. The second-order valence-corrected chi connectivity index (χ2v) is 6.41. The number of para-hydroxylation sites is 1. The molecule has 0 saturated carbocycles. The predicted octanol–water partition coefficient (Wildman–Crippen LogP) is 1.69. The van der Waals surface area contributed by atoms with Gasteiger partial charge in [-0.3, -0.25) is 14.8 Å². The molecule has 0 aliphatic rings. The second-order valence-electron chi connectivity index (χ2n) is 3.58. The average molecular weight is 318 g/mol. The monoisotopic (exact) mass is 318 g/mol. The number of rotatable bonds is 4. The molecule has 0 aliphatic heterocycles. The molecular weight excluding hydrogens is 311 g/mol. The Hall–Kier alpha value is -2.14. The highest BCUT2D eigenvalue weighted by Crippen LogP contribution is 2.28. The second kappa shape index (κ2) is 5.09. The summed E-state index contributed by atoms with van der Waals surface area (Å²) >= 11 is 0.952. The zero-order valence-corrected chi connectivity index (χ0v) is 11.5. The molecule has 0 atom stereocenters. The van der Waals surface area contributed by atoms with Crippen LogP contribution in [0.2, 0.25) is 0 Å². The summed E-state index contributed by atoms with van der Waals surface area (Å²) in [5.41, 5.74) is -1.11. The summed E-state index contributed by atoms with van der Waals surface area (Å²) in [6.45, 7) is 1.61. The third-order valence-corrected chi connectivity index (χ3v) is 4.42. The summed E-state index contributed by atoms with van der Waals surface area (Å²) < 4.78 is 39.5. The van der Waals surface area contributed by atoms with Gasteiger partial charge in [-0.25, -0.2) is 8.42 Å². The molecule has 1 aromatic heterocycles. The number of nitrogens with one attached hydrogen (secondary N) is 1. The first-order chi connectivity index (χ1) is 9.31. The molecule has 0 unspecified atom stereocenters. The number of aryl methyl sites for hydroxylation is 1. The van der Waals surface area contributed by atoms with Gasteiger partial charge < -0.3 is 0 Å². The molecule has 8 nitrogen and oxygen atoms in total.